The predicted octanol–water partition coefficient (Wildman–Crippen LogP) is 4.17. The Kier molecular flexibility index (Phi) is 7.62. The Bertz CT molecular complexity index is 1910. The number of aromatic nitrogens is 7. The summed E-state index contributed by atoms with van der Waals surface area (Å²) in [6.45, 7) is 1.51. The zero-order valence-corrected chi connectivity index (χ0v) is 22.7. The van der Waals surface area contributed by atoms with Crippen molar-refractivity contribution in [2.75, 3.05) is 5.32 Å². The van der Waals surface area contributed by atoms with Gasteiger partial charge in [-0.3, -0.25) is 9.59 Å². The van der Waals surface area contributed by atoms with Crippen LogP contribution in [0.3, 0.4) is 0 Å². The van der Waals surface area contributed by atoms with Gasteiger partial charge in [-0.2, -0.15) is 28.3 Å². The first-order chi connectivity index (χ1) is 20.4. The number of amides is 2. The number of primary amides is 1. The lowest BCUT2D eigenvalue weighted by molar-refractivity contribution is -0.137. The predicted molar refractivity (Wildman–Crippen MR) is 146 cm³/mol. The Hall–Kier alpha value is -5.62. The van der Waals surface area contributed by atoms with Gasteiger partial charge in [0.25, 0.3) is 11.8 Å². The number of carbonyl (C=O) groups is 2. The third-order valence-electron chi connectivity index (χ3n) is 6.13. The van der Waals surface area contributed by atoms with Crippen LogP contribution in [0.4, 0.5) is 18.9 Å². The smallest absolute Gasteiger partial charge is 0.366 e. The fraction of sp³-hybridized carbons (Fsp3) is 0.111. The van der Waals surface area contributed by atoms with Gasteiger partial charge >= 0.3 is 6.18 Å². The van der Waals surface area contributed by atoms with Crippen molar-refractivity contribution in [1.29, 1.82) is 5.26 Å². The fourth-order valence-electron chi connectivity index (χ4n) is 4.13. The Morgan fingerprint density at radius 2 is 1.86 bits per heavy atom. The number of nitrogens with two attached hydrogens (primary N) is 1. The fourth-order valence-corrected chi connectivity index (χ4v) is 4.33. The molecule has 0 atom stereocenters. The van der Waals surface area contributed by atoms with Crippen LogP contribution in [0.5, 0.6) is 0 Å². The topological polar surface area (TPSA) is 170 Å². The lowest BCUT2D eigenvalue weighted by atomic mass is 10.0. The summed E-state index contributed by atoms with van der Waals surface area (Å²) in [5.41, 5.74) is 5.91. The Morgan fingerprint density at radius 1 is 1.12 bits per heavy atom. The number of carbonyl (C=O) groups excluding carboxylic acids is 2. The second-order valence-corrected chi connectivity index (χ2v) is 9.51. The quantitative estimate of drug-likeness (QED) is 0.278. The molecule has 5 rings (SSSR count). The number of nitriles is 1. The molecule has 2 amide bonds. The molecule has 0 unspecified atom stereocenters. The first-order valence-electron chi connectivity index (χ1n) is 12.3. The molecule has 5 aromatic rings. The third-order valence-corrected chi connectivity index (χ3v) is 6.42. The number of halogens is 4. The normalized spacial score (nSPS) is 11.3. The van der Waals surface area contributed by atoms with E-state index in [0.717, 1.165) is 16.9 Å². The maximum Gasteiger partial charge on any atom is 0.416 e. The third kappa shape index (κ3) is 6.04. The Labute approximate surface area is 245 Å². The Balaban J connectivity index is 1.48. The van der Waals surface area contributed by atoms with Crippen molar-refractivity contribution in [1.82, 2.24) is 35.0 Å². The highest BCUT2D eigenvalue weighted by Crippen LogP contribution is 2.30. The SMILES string of the molecule is Cc1cc(C#N)cc(C(N)=O)c1NC(=O)c1cc(Cn2nnc(-c3ccc(C(F)(F)F)cc3)n2)nn1-c1ncccc1Cl. The van der Waals surface area contributed by atoms with Gasteiger partial charge in [-0.1, -0.05) is 23.7 Å². The molecule has 0 bridgehead atoms. The van der Waals surface area contributed by atoms with Gasteiger partial charge in [0.1, 0.15) is 12.2 Å². The minimum Gasteiger partial charge on any atom is -0.366 e. The van der Waals surface area contributed by atoms with Crippen molar-refractivity contribution >= 4 is 29.1 Å². The van der Waals surface area contributed by atoms with E-state index in [1.54, 1.807) is 19.1 Å². The van der Waals surface area contributed by atoms with Gasteiger partial charge in [-0.15, -0.1) is 10.2 Å². The zero-order chi connectivity index (χ0) is 30.9. The van der Waals surface area contributed by atoms with E-state index in [2.05, 4.69) is 30.8 Å². The summed E-state index contributed by atoms with van der Waals surface area (Å²) in [6.07, 6.45) is -3.03. The molecule has 0 aliphatic heterocycles. The molecule has 3 heterocycles. The van der Waals surface area contributed by atoms with Gasteiger partial charge < -0.3 is 11.1 Å². The highest BCUT2D eigenvalue weighted by molar-refractivity contribution is 6.32. The van der Waals surface area contributed by atoms with Gasteiger partial charge in [-0.25, -0.2) is 9.67 Å². The molecule has 12 nitrogen and oxygen atoms in total. The van der Waals surface area contributed by atoms with Crippen molar-refractivity contribution in [2.24, 2.45) is 5.73 Å². The van der Waals surface area contributed by atoms with Gasteiger partial charge in [0.15, 0.2) is 5.82 Å². The summed E-state index contributed by atoms with van der Waals surface area (Å²) >= 11 is 6.34. The van der Waals surface area contributed by atoms with E-state index in [1.807, 2.05) is 6.07 Å². The number of tetrazole rings is 1. The molecule has 0 saturated carbocycles. The highest BCUT2D eigenvalue weighted by Gasteiger charge is 2.30. The van der Waals surface area contributed by atoms with E-state index in [4.69, 9.17) is 17.3 Å². The largest absolute Gasteiger partial charge is 0.416 e. The number of anilines is 1. The van der Waals surface area contributed by atoms with E-state index < -0.39 is 23.6 Å². The highest BCUT2D eigenvalue weighted by atomic mass is 35.5. The van der Waals surface area contributed by atoms with Gasteiger partial charge in [0, 0.05) is 11.8 Å². The van der Waals surface area contributed by atoms with Crippen molar-refractivity contribution in [3.05, 3.63) is 99.5 Å². The number of hydrogen-bond donors (Lipinski definition) is 2. The van der Waals surface area contributed by atoms with E-state index in [-0.39, 0.29) is 51.4 Å². The minimum atomic E-state index is -4.48. The van der Waals surface area contributed by atoms with E-state index >= 15 is 0 Å². The van der Waals surface area contributed by atoms with Crippen LogP contribution >= 0.6 is 11.6 Å². The summed E-state index contributed by atoms with van der Waals surface area (Å²) in [5.74, 6) is -1.34. The van der Waals surface area contributed by atoms with Crippen molar-refractivity contribution in [2.45, 2.75) is 19.6 Å². The van der Waals surface area contributed by atoms with Gasteiger partial charge in [0.2, 0.25) is 5.82 Å². The van der Waals surface area contributed by atoms with E-state index in [0.29, 0.717) is 11.1 Å². The lowest BCUT2D eigenvalue weighted by Gasteiger charge is -2.13. The van der Waals surface area contributed by atoms with Crippen molar-refractivity contribution in [3.63, 3.8) is 0 Å². The van der Waals surface area contributed by atoms with E-state index in [1.165, 1.54) is 41.2 Å². The first-order valence-corrected chi connectivity index (χ1v) is 12.6. The number of aryl methyl sites for hydroxylation is 1. The average molecular weight is 607 g/mol. The second kappa shape index (κ2) is 11.3. The molecule has 0 fully saturated rings. The van der Waals surface area contributed by atoms with Crippen LogP contribution < -0.4 is 11.1 Å². The number of benzene rings is 2. The van der Waals surface area contributed by atoms with Crippen LogP contribution in [0.25, 0.3) is 17.2 Å². The second-order valence-electron chi connectivity index (χ2n) is 9.11. The number of nitrogens with zero attached hydrogens (tertiary/aromatic N) is 8. The molecular formula is C27H18ClF3N10O2. The van der Waals surface area contributed by atoms with Crippen LogP contribution in [0.2, 0.25) is 5.02 Å². The van der Waals surface area contributed by atoms with Crippen LogP contribution in [0, 0.1) is 18.3 Å². The van der Waals surface area contributed by atoms with Gasteiger partial charge in [0.05, 0.1) is 39.2 Å². The number of alkyl halides is 3. The van der Waals surface area contributed by atoms with Crippen LogP contribution in [0.15, 0.2) is 60.8 Å². The van der Waals surface area contributed by atoms with Gasteiger partial charge in [-0.05, 0) is 60.2 Å². The maximum atomic E-state index is 13.6. The molecule has 3 N–H and O–H groups in total. The van der Waals surface area contributed by atoms with Crippen LogP contribution in [-0.4, -0.2) is 46.8 Å². The molecule has 0 aliphatic carbocycles. The zero-order valence-electron chi connectivity index (χ0n) is 22.0. The Morgan fingerprint density at radius 3 is 2.51 bits per heavy atom. The summed E-state index contributed by atoms with van der Waals surface area (Å²) < 4.78 is 39.9. The lowest BCUT2D eigenvalue weighted by Crippen LogP contribution is -2.22. The molecule has 0 aliphatic rings. The minimum absolute atomic E-state index is 0.0298. The average Bonchev–Trinajstić information content (AvgIpc) is 3.61. The number of rotatable bonds is 7. The summed E-state index contributed by atoms with van der Waals surface area (Å²) in [5, 5.41) is 28.6. The maximum absolute atomic E-state index is 13.6. The van der Waals surface area contributed by atoms with Crippen molar-refractivity contribution < 1.29 is 22.8 Å². The molecule has 16 heteroatoms. The monoisotopic (exact) mass is 606 g/mol. The van der Waals surface area contributed by atoms with Crippen molar-refractivity contribution in [3.8, 4) is 23.3 Å². The number of hydrogen-bond acceptors (Lipinski definition) is 8. The molecular weight excluding hydrogens is 589 g/mol. The standard InChI is InChI=1S/C27H18ClF3N10O2/c1-14-9-15(12-32)10-19(23(33)42)22(14)35-26(43)21-11-18(37-41(21)25-20(28)3-2-8-34-25)13-40-38-24(36-39-40)16-4-6-17(7-5-16)27(29,30)31/h2-11H,13H2,1H3,(H2,33,42)(H,35,43). The van der Waals surface area contributed by atoms with Crippen LogP contribution in [0.1, 0.15) is 43.2 Å². The van der Waals surface area contributed by atoms with E-state index in [9.17, 15) is 28.0 Å². The molecule has 0 saturated heterocycles. The number of pyridine rings is 1. The summed E-state index contributed by atoms with van der Waals surface area (Å²) in [4.78, 5) is 31.0. The van der Waals surface area contributed by atoms with Crippen LogP contribution in [-0.2, 0) is 12.7 Å². The first kappa shape index (κ1) is 28.9. The number of nitrogens with one attached hydrogen (secondary N) is 1. The molecule has 0 radical (unpaired) electrons. The molecule has 43 heavy (non-hydrogen) atoms. The molecule has 0 spiro atoms. The molecule has 3 aromatic heterocycles. The summed E-state index contributed by atoms with van der Waals surface area (Å²) in [6, 6.07) is 13.6. The summed E-state index contributed by atoms with van der Waals surface area (Å²) in [7, 11) is 0. The molecule has 216 valence electrons. The molecule has 2 aromatic carbocycles.